The van der Waals surface area contributed by atoms with Crippen molar-refractivity contribution in [2.24, 2.45) is 0 Å². The molecule has 1 aromatic rings. The van der Waals surface area contributed by atoms with Gasteiger partial charge in [0.25, 0.3) is 0 Å². The molecule has 0 fully saturated rings. The van der Waals surface area contributed by atoms with Gasteiger partial charge in [-0.2, -0.15) is 0 Å². The lowest BCUT2D eigenvalue weighted by molar-refractivity contribution is -0.121. The van der Waals surface area contributed by atoms with Crippen LogP contribution in [0.25, 0.3) is 0 Å². The summed E-state index contributed by atoms with van der Waals surface area (Å²) < 4.78 is 0. The normalized spacial score (nSPS) is 20.9. The molecule has 0 radical (unpaired) electrons. The number of benzene rings is 1. The molecule has 1 aliphatic rings. The zero-order chi connectivity index (χ0) is 11.7. The molecule has 0 aliphatic carbocycles. The first-order chi connectivity index (χ1) is 7.59. The third-order valence-electron chi connectivity index (χ3n) is 3.34. The number of carbonyl (C=O) groups is 1. The molecular weight excluding hydrogens is 198 g/mol. The van der Waals surface area contributed by atoms with Gasteiger partial charge in [0, 0.05) is 6.42 Å². The number of aryl methyl sites for hydroxylation is 1. The Hall–Kier alpha value is -1.57. The van der Waals surface area contributed by atoms with Gasteiger partial charge < -0.3 is 5.32 Å². The van der Waals surface area contributed by atoms with Crippen molar-refractivity contribution in [1.82, 2.24) is 5.32 Å². The lowest BCUT2D eigenvalue weighted by atomic mass is 9.89. The number of nitrogens with one attached hydrogen (secondary N) is 1. The third kappa shape index (κ3) is 1.87. The van der Waals surface area contributed by atoms with Crippen molar-refractivity contribution in [3.8, 4) is 0 Å². The molecule has 1 heterocycles. The zero-order valence-electron chi connectivity index (χ0n) is 10.0. The largest absolute Gasteiger partial charge is 0.345 e. The molecule has 2 rings (SSSR count). The van der Waals surface area contributed by atoms with E-state index in [0.717, 1.165) is 0 Å². The van der Waals surface area contributed by atoms with E-state index in [1.54, 1.807) is 0 Å². The second-order valence-electron chi connectivity index (χ2n) is 4.50. The summed E-state index contributed by atoms with van der Waals surface area (Å²) in [6.07, 6.45) is 0.536. The zero-order valence-corrected chi connectivity index (χ0v) is 10.0. The van der Waals surface area contributed by atoms with E-state index in [2.05, 4.69) is 31.3 Å². The maximum Gasteiger partial charge on any atom is 0.224 e. The Bertz CT molecular complexity index is 460. The summed E-state index contributed by atoms with van der Waals surface area (Å²) in [6, 6.07) is 8.27. The summed E-state index contributed by atoms with van der Waals surface area (Å²) in [5, 5.41) is 3.06. The quantitative estimate of drug-likeness (QED) is 0.717. The Kier molecular flexibility index (Phi) is 2.82. The van der Waals surface area contributed by atoms with Gasteiger partial charge in [-0.1, -0.05) is 29.8 Å². The SMILES string of the molecule is CC1=C(C)C(c2ccccc2C)NC(=O)C1. The van der Waals surface area contributed by atoms with Gasteiger partial charge in [-0.05, 0) is 37.5 Å². The van der Waals surface area contributed by atoms with Gasteiger partial charge in [-0.3, -0.25) is 4.79 Å². The van der Waals surface area contributed by atoms with Gasteiger partial charge in [0.15, 0.2) is 0 Å². The molecule has 16 heavy (non-hydrogen) atoms. The average molecular weight is 215 g/mol. The fourth-order valence-corrected chi connectivity index (χ4v) is 2.17. The number of hydrogen-bond donors (Lipinski definition) is 1. The molecule has 1 aromatic carbocycles. The van der Waals surface area contributed by atoms with Crippen LogP contribution in [-0.2, 0) is 4.79 Å². The highest BCUT2D eigenvalue weighted by Crippen LogP contribution is 2.30. The summed E-state index contributed by atoms with van der Waals surface area (Å²) in [5.74, 6) is 0.122. The fraction of sp³-hybridized carbons (Fsp3) is 0.357. The number of hydrogen-bond acceptors (Lipinski definition) is 1. The molecule has 1 aliphatic heterocycles. The molecule has 2 nitrogen and oxygen atoms in total. The lowest BCUT2D eigenvalue weighted by Gasteiger charge is -2.27. The lowest BCUT2D eigenvalue weighted by Crippen LogP contribution is -2.34. The van der Waals surface area contributed by atoms with Crippen molar-refractivity contribution < 1.29 is 4.79 Å². The molecular formula is C14H17NO. The van der Waals surface area contributed by atoms with E-state index >= 15 is 0 Å². The first-order valence-corrected chi connectivity index (χ1v) is 5.60. The maximum atomic E-state index is 11.6. The standard InChI is InChI=1S/C14H17NO/c1-9-6-4-5-7-12(9)14-11(3)10(2)8-13(16)15-14/h4-7,14H,8H2,1-3H3,(H,15,16). The van der Waals surface area contributed by atoms with E-state index in [4.69, 9.17) is 0 Å². The summed E-state index contributed by atoms with van der Waals surface area (Å²) in [6.45, 7) is 6.23. The molecule has 0 bridgehead atoms. The monoisotopic (exact) mass is 215 g/mol. The Morgan fingerprint density at radius 3 is 2.56 bits per heavy atom. The average Bonchev–Trinajstić information content (AvgIpc) is 2.24. The van der Waals surface area contributed by atoms with Crippen LogP contribution in [0.2, 0.25) is 0 Å². The van der Waals surface area contributed by atoms with Crippen molar-refractivity contribution >= 4 is 5.91 Å². The molecule has 84 valence electrons. The minimum absolute atomic E-state index is 0.0578. The van der Waals surface area contributed by atoms with Crippen LogP contribution in [0, 0.1) is 6.92 Å². The minimum Gasteiger partial charge on any atom is -0.345 e. The highest BCUT2D eigenvalue weighted by atomic mass is 16.1. The van der Waals surface area contributed by atoms with E-state index in [1.165, 1.54) is 22.3 Å². The van der Waals surface area contributed by atoms with Crippen LogP contribution in [0.1, 0.15) is 37.4 Å². The van der Waals surface area contributed by atoms with Gasteiger partial charge in [0.05, 0.1) is 6.04 Å². The predicted molar refractivity (Wildman–Crippen MR) is 65.1 cm³/mol. The van der Waals surface area contributed by atoms with E-state index in [0.29, 0.717) is 6.42 Å². The number of rotatable bonds is 1. The van der Waals surface area contributed by atoms with Crippen molar-refractivity contribution in [3.05, 3.63) is 46.5 Å². The van der Waals surface area contributed by atoms with Crippen LogP contribution in [0.3, 0.4) is 0 Å². The first-order valence-electron chi connectivity index (χ1n) is 5.60. The summed E-state index contributed by atoms with van der Waals surface area (Å²) in [7, 11) is 0. The van der Waals surface area contributed by atoms with Gasteiger partial charge in [-0.25, -0.2) is 0 Å². The van der Waals surface area contributed by atoms with E-state index < -0.39 is 0 Å². The number of carbonyl (C=O) groups excluding carboxylic acids is 1. The summed E-state index contributed by atoms with van der Waals surface area (Å²) in [5.41, 5.74) is 4.89. The van der Waals surface area contributed by atoms with Gasteiger partial charge >= 0.3 is 0 Å². The van der Waals surface area contributed by atoms with E-state index in [-0.39, 0.29) is 11.9 Å². The first kappa shape index (κ1) is 10.9. The van der Waals surface area contributed by atoms with Crippen molar-refractivity contribution in [2.45, 2.75) is 33.2 Å². The molecule has 0 saturated carbocycles. The smallest absolute Gasteiger partial charge is 0.224 e. The second-order valence-corrected chi connectivity index (χ2v) is 4.50. The highest BCUT2D eigenvalue weighted by Gasteiger charge is 2.24. The molecule has 1 unspecified atom stereocenters. The van der Waals surface area contributed by atoms with E-state index in [1.807, 2.05) is 19.1 Å². The topological polar surface area (TPSA) is 29.1 Å². The Labute approximate surface area is 96.4 Å². The predicted octanol–water partition coefficient (Wildman–Crippen LogP) is 2.89. The summed E-state index contributed by atoms with van der Waals surface area (Å²) >= 11 is 0. The molecule has 0 aromatic heterocycles. The van der Waals surface area contributed by atoms with Crippen molar-refractivity contribution in [2.75, 3.05) is 0 Å². The second kappa shape index (κ2) is 4.12. The van der Waals surface area contributed by atoms with Crippen LogP contribution in [0.4, 0.5) is 0 Å². The van der Waals surface area contributed by atoms with Gasteiger partial charge in [-0.15, -0.1) is 0 Å². The van der Waals surface area contributed by atoms with Crippen molar-refractivity contribution in [1.29, 1.82) is 0 Å². The molecule has 0 saturated heterocycles. The van der Waals surface area contributed by atoms with Crippen LogP contribution < -0.4 is 5.32 Å². The Balaban J connectivity index is 2.45. The van der Waals surface area contributed by atoms with Crippen LogP contribution in [0.15, 0.2) is 35.4 Å². The maximum absolute atomic E-state index is 11.6. The van der Waals surface area contributed by atoms with Crippen molar-refractivity contribution in [3.63, 3.8) is 0 Å². The minimum atomic E-state index is 0.0578. The van der Waals surface area contributed by atoms with E-state index in [9.17, 15) is 4.79 Å². The number of amides is 1. The Morgan fingerprint density at radius 1 is 1.19 bits per heavy atom. The van der Waals surface area contributed by atoms with Crippen LogP contribution in [0.5, 0.6) is 0 Å². The molecule has 1 atom stereocenters. The molecule has 1 amide bonds. The van der Waals surface area contributed by atoms with Crippen LogP contribution >= 0.6 is 0 Å². The van der Waals surface area contributed by atoms with Crippen LogP contribution in [-0.4, -0.2) is 5.91 Å². The van der Waals surface area contributed by atoms with Gasteiger partial charge in [0.2, 0.25) is 5.91 Å². The molecule has 2 heteroatoms. The molecule has 1 N–H and O–H groups in total. The third-order valence-corrected chi connectivity index (χ3v) is 3.34. The fourth-order valence-electron chi connectivity index (χ4n) is 2.17. The summed E-state index contributed by atoms with van der Waals surface area (Å²) in [4.78, 5) is 11.6. The molecule has 0 spiro atoms. The highest BCUT2D eigenvalue weighted by molar-refractivity contribution is 5.81. The Morgan fingerprint density at radius 2 is 1.88 bits per heavy atom. The van der Waals surface area contributed by atoms with Gasteiger partial charge in [0.1, 0.15) is 0 Å².